The predicted molar refractivity (Wildman–Crippen MR) is 121 cm³/mol. The Morgan fingerprint density at radius 3 is 2.68 bits per heavy atom. The summed E-state index contributed by atoms with van der Waals surface area (Å²) in [5.41, 5.74) is 0.260. The molecule has 0 unspecified atom stereocenters. The van der Waals surface area contributed by atoms with Crippen molar-refractivity contribution >= 4 is 38.0 Å². The molecular weight excluding hydrogens is 439 g/mol. The molecule has 0 spiro atoms. The number of benzene rings is 2. The molecule has 4 rings (SSSR count). The Kier molecular flexibility index (Phi) is 5.83. The van der Waals surface area contributed by atoms with Crippen LogP contribution in [0.15, 0.2) is 57.2 Å². The molecule has 8 heteroatoms. The molecule has 0 amide bonds. The summed E-state index contributed by atoms with van der Waals surface area (Å²) >= 11 is 5.95. The second-order valence-electron chi connectivity index (χ2n) is 8.08. The Bertz CT molecular complexity index is 1320. The molecule has 1 aliphatic rings. The highest BCUT2D eigenvalue weighted by Crippen LogP contribution is 2.30. The van der Waals surface area contributed by atoms with Crippen molar-refractivity contribution < 1.29 is 12.8 Å². The van der Waals surface area contributed by atoms with E-state index < -0.39 is 21.1 Å². The molecule has 2 heterocycles. The molecular formula is C23H24ClFN2O3S. The monoisotopic (exact) mass is 462 g/mol. The quantitative estimate of drug-likeness (QED) is 0.554. The summed E-state index contributed by atoms with van der Waals surface area (Å²) in [6.07, 6.45) is 3.44. The van der Waals surface area contributed by atoms with Crippen molar-refractivity contribution in [2.24, 2.45) is 5.92 Å². The second kappa shape index (κ2) is 8.28. The minimum absolute atomic E-state index is 0.0521. The average Bonchev–Trinajstić information content (AvgIpc) is 2.74. The number of halogens is 2. The minimum atomic E-state index is -4.12. The number of pyridine rings is 1. The number of rotatable bonds is 4. The van der Waals surface area contributed by atoms with Crippen LogP contribution < -0.4 is 10.3 Å². The highest BCUT2D eigenvalue weighted by molar-refractivity contribution is 7.91. The molecule has 3 aromatic rings. The van der Waals surface area contributed by atoms with E-state index in [1.165, 1.54) is 30.5 Å². The van der Waals surface area contributed by atoms with Crippen LogP contribution in [0.4, 0.5) is 10.1 Å². The molecule has 1 saturated heterocycles. The lowest BCUT2D eigenvalue weighted by molar-refractivity contribution is 0.442. The van der Waals surface area contributed by atoms with Gasteiger partial charge in [0.25, 0.3) is 0 Å². The van der Waals surface area contributed by atoms with Crippen LogP contribution in [0.2, 0.25) is 5.02 Å². The lowest BCUT2D eigenvalue weighted by Crippen LogP contribution is -2.35. The van der Waals surface area contributed by atoms with Crippen molar-refractivity contribution in [2.45, 2.75) is 43.0 Å². The number of aryl methyl sites for hydroxylation is 1. The molecule has 1 aliphatic heterocycles. The van der Waals surface area contributed by atoms with Gasteiger partial charge >= 0.3 is 0 Å². The van der Waals surface area contributed by atoms with Gasteiger partial charge in [-0.3, -0.25) is 4.79 Å². The highest BCUT2D eigenvalue weighted by atomic mass is 35.5. The number of fused-ring (bicyclic) bond motifs is 1. The highest BCUT2D eigenvalue weighted by Gasteiger charge is 2.26. The maximum Gasteiger partial charge on any atom is 0.211 e. The van der Waals surface area contributed by atoms with Crippen molar-refractivity contribution in [1.82, 2.24) is 4.57 Å². The lowest BCUT2D eigenvalue weighted by atomic mass is 9.99. The van der Waals surface area contributed by atoms with Crippen LogP contribution in [-0.2, 0) is 16.4 Å². The van der Waals surface area contributed by atoms with E-state index in [-0.39, 0.29) is 20.2 Å². The third-order valence-corrected chi connectivity index (χ3v) is 7.83. The van der Waals surface area contributed by atoms with Crippen LogP contribution in [0.5, 0.6) is 0 Å². The third kappa shape index (κ3) is 3.96. The van der Waals surface area contributed by atoms with Crippen LogP contribution in [0.1, 0.15) is 26.7 Å². The summed E-state index contributed by atoms with van der Waals surface area (Å²) in [6, 6.07) is 8.61. The van der Waals surface area contributed by atoms with E-state index in [4.69, 9.17) is 11.6 Å². The normalized spacial score (nSPS) is 17.3. The fourth-order valence-corrected chi connectivity index (χ4v) is 5.91. The molecule has 2 aromatic carbocycles. The number of sulfone groups is 1. The second-order valence-corrected chi connectivity index (χ2v) is 10.4. The van der Waals surface area contributed by atoms with Crippen molar-refractivity contribution in [3.05, 3.63) is 63.7 Å². The van der Waals surface area contributed by atoms with Crippen LogP contribution in [0.25, 0.3) is 10.9 Å². The molecule has 5 nitrogen and oxygen atoms in total. The van der Waals surface area contributed by atoms with E-state index in [1.807, 2.05) is 11.8 Å². The lowest BCUT2D eigenvalue weighted by Gasteiger charge is -2.33. The standard InChI is InChI=1S/C23H24ClFN2O3S/c1-3-26-14-22(31(29,30)17-8-4-7-16(24)10-17)23(28)18-11-19(25)21(12-20(18)26)27-9-5-6-15(2)13-27/h4,7-8,10-12,14-15H,3,5-6,9,13H2,1-2H3/t15-/m0/s1. The van der Waals surface area contributed by atoms with Gasteiger partial charge in [-0.2, -0.15) is 0 Å². The van der Waals surface area contributed by atoms with E-state index >= 15 is 4.39 Å². The van der Waals surface area contributed by atoms with Gasteiger partial charge < -0.3 is 9.47 Å². The van der Waals surface area contributed by atoms with Gasteiger partial charge in [0.1, 0.15) is 10.7 Å². The molecule has 164 valence electrons. The summed E-state index contributed by atoms with van der Waals surface area (Å²) in [6.45, 7) is 5.92. The van der Waals surface area contributed by atoms with E-state index in [9.17, 15) is 13.2 Å². The van der Waals surface area contributed by atoms with Gasteiger partial charge in [-0.05, 0) is 56.0 Å². The molecule has 0 aliphatic carbocycles. The number of nitrogens with zero attached hydrogens (tertiary/aromatic N) is 2. The number of piperidine rings is 1. The van der Waals surface area contributed by atoms with E-state index in [1.54, 1.807) is 16.7 Å². The molecule has 0 saturated carbocycles. The molecule has 31 heavy (non-hydrogen) atoms. The number of hydrogen-bond donors (Lipinski definition) is 0. The maximum atomic E-state index is 15.1. The van der Waals surface area contributed by atoms with Crippen molar-refractivity contribution in [2.75, 3.05) is 18.0 Å². The minimum Gasteiger partial charge on any atom is -0.369 e. The molecule has 0 bridgehead atoms. The molecule has 1 fully saturated rings. The first-order valence-electron chi connectivity index (χ1n) is 10.3. The summed E-state index contributed by atoms with van der Waals surface area (Å²) in [7, 11) is -4.12. The van der Waals surface area contributed by atoms with Crippen LogP contribution >= 0.6 is 11.6 Å². The largest absolute Gasteiger partial charge is 0.369 e. The van der Waals surface area contributed by atoms with Crippen LogP contribution in [0.3, 0.4) is 0 Å². The van der Waals surface area contributed by atoms with Gasteiger partial charge in [0.2, 0.25) is 15.3 Å². The Morgan fingerprint density at radius 2 is 2.00 bits per heavy atom. The van der Waals surface area contributed by atoms with Crippen molar-refractivity contribution in [3.8, 4) is 0 Å². The van der Waals surface area contributed by atoms with Crippen LogP contribution in [-0.4, -0.2) is 26.1 Å². The zero-order valence-electron chi connectivity index (χ0n) is 17.4. The topological polar surface area (TPSA) is 59.4 Å². The fourth-order valence-electron chi connectivity index (χ4n) is 4.24. The molecule has 1 atom stereocenters. The Labute approximate surface area is 186 Å². The van der Waals surface area contributed by atoms with Gasteiger partial charge in [0, 0.05) is 30.9 Å². The first-order valence-corrected chi connectivity index (χ1v) is 12.2. The van der Waals surface area contributed by atoms with Gasteiger partial charge in [0.05, 0.1) is 21.5 Å². The smallest absolute Gasteiger partial charge is 0.211 e. The van der Waals surface area contributed by atoms with Gasteiger partial charge in [-0.15, -0.1) is 0 Å². The SMILES string of the molecule is CCn1cc(S(=O)(=O)c2cccc(Cl)c2)c(=O)c2cc(F)c(N3CCC[C@H](C)C3)cc21. The first-order chi connectivity index (χ1) is 14.7. The zero-order valence-corrected chi connectivity index (χ0v) is 19.0. The molecule has 1 aromatic heterocycles. The maximum absolute atomic E-state index is 15.1. The average molecular weight is 463 g/mol. The molecule has 0 N–H and O–H groups in total. The predicted octanol–water partition coefficient (Wildman–Crippen LogP) is 4.88. The third-order valence-electron chi connectivity index (χ3n) is 5.85. The van der Waals surface area contributed by atoms with Gasteiger partial charge in [-0.25, -0.2) is 12.8 Å². The van der Waals surface area contributed by atoms with Crippen molar-refractivity contribution in [1.29, 1.82) is 0 Å². The fraction of sp³-hybridized carbons (Fsp3) is 0.348. The summed E-state index contributed by atoms with van der Waals surface area (Å²) in [4.78, 5) is 14.7. The Hall–Kier alpha value is -2.38. The molecule has 0 radical (unpaired) electrons. The van der Waals surface area contributed by atoms with E-state index in [0.717, 1.165) is 25.9 Å². The summed E-state index contributed by atoms with van der Waals surface area (Å²) < 4.78 is 43.1. The Balaban J connectivity index is 1.92. The van der Waals surface area contributed by atoms with E-state index in [2.05, 4.69) is 6.92 Å². The zero-order chi connectivity index (χ0) is 22.3. The first kappa shape index (κ1) is 21.8. The number of hydrogen-bond acceptors (Lipinski definition) is 4. The Morgan fingerprint density at radius 1 is 1.23 bits per heavy atom. The number of anilines is 1. The van der Waals surface area contributed by atoms with Crippen molar-refractivity contribution in [3.63, 3.8) is 0 Å². The summed E-state index contributed by atoms with van der Waals surface area (Å²) in [5, 5.41) is 0.306. The van der Waals surface area contributed by atoms with Gasteiger partial charge in [0.15, 0.2) is 0 Å². The van der Waals surface area contributed by atoms with Gasteiger partial charge in [-0.1, -0.05) is 24.6 Å². The number of aromatic nitrogens is 1. The van der Waals surface area contributed by atoms with Crippen LogP contribution in [0, 0.1) is 11.7 Å². The van der Waals surface area contributed by atoms with E-state index in [0.29, 0.717) is 23.7 Å². The summed E-state index contributed by atoms with van der Waals surface area (Å²) in [5.74, 6) is -0.0545.